The zero-order chi connectivity index (χ0) is 7.78. The largest absolute Gasteiger partial charge is 0.368 e. The Morgan fingerprint density at radius 1 is 1.40 bits per heavy atom. The van der Waals surface area contributed by atoms with E-state index in [-0.39, 0.29) is 6.10 Å². The summed E-state index contributed by atoms with van der Waals surface area (Å²) in [6.45, 7) is 5.52. The number of aliphatic hydroxyl groups excluding tert-OH is 1. The predicted molar refractivity (Wildman–Crippen MR) is 36.3 cm³/mol. The molecule has 3 nitrogen and oxygen atoms in total. The Hall–Kier alpha value is -0.120. The summed E-state index contributed by atoms with van der Waals surface area (Å²) in [7, 11) is 0. The molecule has 0 aromatic carbocycles. The third-order valence-corrected chi connectivity index (χ3v) is 1.44. The van der Waals surface area contributed by atoms with E-state index in [2.05, 4.69) is 0 Å². The van der Waals surface area contributed by atoms with E-state index in [0.717, 1.165) is 0 Å². The summed E-state index contributed by atoms with van der Waals surface area (Å²) in [4.78, 5) is 0. The van der Waals surface area contributed by atoms with Crippen LogP contribution in [0.1, 0.15) is 27.2 Å². The van der Waals surface area contributed by atoms with Crippen molar-refractivity contribution in [2.75, 3.05) is 0 Å². The zero-order valence-electron chi connectivity index (χ0n) is 6.63. The summed E-state index contributed by atoms with van der Waals surface area (Å²) in [5, 5.41) is 9.11. The third kappa shape index (κ3) is 1.94. The van der Waals surface area contributed by atoms with Crippen molar-refractivity contribution >= 4 is 0 Å². The van der Waals surface area contributed by atoms with Gasteiger partial charge in [-0.05, 0) is 20.8 Å². The van der Waals surface area contributed by atoms with Crippen molar-refractivity contribution in [1.29, 1.82) is 0 Å². The lowest BCUT2D eigenvalue weighted by Gasteiger charge is -2.37. The topological polar surface area (TPSA) is 38.7 Å². The van der Waals surface area contributed by atoms with Crippen LogP contribution in [0.2, 0.25) is 0 Å². The number of ether oxygens (including phenoxy) is 2. The maximum absolute atomic E-state index is 9.11. The first-order valence-corrected chi connectivity index (χ1v) is 3.53. The first-order valence-electron chi connectivity index (χ1n) is 3.53. The van der Waals surface area contributed by atoms with Crippen molar-refractivity contribution in [2.24, 2.45) is 0 Å². The van der Waals surface area contributed by atoms with Crippen molar-refractivity contribution in [2.45, 2.75) is 45.4 Å². The van der Waals surface area contributed by atoms with Crippen molar-refractivity contribution in [1.82, 2.24) is 0 Å². The molecule has 2 atom stereocenters. The van der Waals surface area contributed by atoms with Gasteiger partial charge in [-0.2, -0.15) is 0 Å². The summed E-state index contributed by atoms with van der Waals surface area (Å²) in [6.07, 6.45) is -0.0267. The van der Waals surface area contributed by atoms with Crippen molar-refractivity contribution in [3.8, 4) is 0 Å². The minimum atomic E-state index is -0.668. The molecule has 0 saturated carbocycles. The molecule has 0 unspecified atom stereocenters. The first-order chi connectivity index (χ1) is 4.49. The van der Waals surface area contributed by atoms with Crippen LogP contribution in [0.5, 0.6) is 0 Å². The summed E-state index contributed by atoms with van der Waals surface area (Å²) in [5.41, 5.74) is 0. The Kier molecular flexibility index (Phi) is 1.99. The van der Waals surface area contributed by atoms with Gasteiger partial charge in [-0.15, -0.1) is 0 Å². The lowest BCUT2D eigenvalue weighted by molar-refractivity contribution is -0.338. The Morgan fingerprint density at radius 2 is 2.00 bits per heavy atom. The van der Waals surface area contributed by atoms with Gasteiger partial charge in [0.1, 0.15) is 0 Å². The molecular formula is C7H14O3. The molecule has 1 heterocycles. The van der Waals surface area contributed by atoms with Gasteiger partial charge in [0.2, 0.25) is 0 Å². The van der Waals surface area contributed by atoms with Crippen LogP contribution < -0.4 is 0 Å². The van der Waals surface area contributed by atoms with E-state index in [4.69, 9.17) is 14.6 Å². The van der Waals surface area contributed by atoms with E-state index in [0.29, 0.717) is 6.42 Å². The van der Waals surface area contributed by atoms with Crippen LogP contribution in [-0.4, -0.2) is 23.3 Å². The molecule has 0 bridgehead atoms. The molecule has 1 aliphatic rings. The summed E-state index contributed by atoms with van der Waals surface area (Å²) >= 11 is 0. The van der Waals surface area contributed by atoms with Crippen LogP contribution in [0.25, 0.3) is 0 Å². The van der Waals surface area contributed by atoms with E-state index in [1.807, 2.05) is 6.92 Å². The van der Waals surface area contributed by atoms with Gasteiger partial charge < -0.3 is 14.6 Å². The van der Waals surface area contributed by atoms with E-state index >= 15 is 0 Å². The molecule has 0 radical (unpaired) electrons. The molecule has 0 aromatic heterocycles. The van der Waals surface area contributed by atoms with Crippen LogP contribution in [0.4, 0.5) is 0 Å². The Bertz CT molecular complexity index is 110. The molecule has 0 aliphatic carbocycles. The second-order valence-corrected chi connectivity index (χ2v) is 3.14. The smallest absolute Gasteiger partial charge is 0.166 e. The molecule has 3 heteroatoms. The van der Waals surface area contributed by atoms with E-state index < -0.39 is 12.1 Å². The average molecular weight is 146 g/mol. The standard InChI is InChI=1S/C7H14O3/c1-5-4-6(8)10-7(2,3)9-5/h5-6,8H,4H2,1-3H3/t5-,6+/m1/s1. The number of hydrogen-bond donors (Lipinski definition) is 1. The van der Waals surface area contributed by atoms with Crippen molar-refractivity contribution in [3.63, 3.8) is 0 Å². The van der Waals surface area contributed by atoms with Gasteiger partial charge in [-0.3, -0.25) is 0 Å². The molecule has 1 fully saturated rings. The molecular weight excluding hydrogens is 132 g/mol. The van der Waals surface area contributed by atoms with Crippen molar-refractivity contribution in [3.05, 3.63) is 0 Å². The lowest BCUT2D eigenvalue weighted by Crippen LogP contribution is -2.43. The summed E-state index contributed by atoms with van der Waals surface area (Å²) in [5.74, 6) is -0.628. The maximum atomic E-state index is 9.11. The monoisotopic (exact) mass is 146 g/mol. The Labute approximate surface area is 60.9 Å². The molecule has 1 rings (SSSR count). The van der Waals surface area contributed by atoms with Crippen LogP contribution in [-0.2, 0) is 9.47 Å². The molecule has 10 heavy (non-hydrogen) atoms. The highest BCUT2D eigenvalue weighted by Gasteiger charge is 2.32. The number of aliphatic hydroxyl groups is 1. The quantitative estimate of drug-likeness (QED) is 0.551. The van der Waals surface area contributed by atoms with E-state index in [1.165, 1.54) is 0 Å². The highest BCUT2D eigenvalue weighted by Crippen LogP contribution is 2.24. The van der Waals surface area contributed by atoms with Gasteiger partial charge in [-0.1, -0.05) is 0 Å². The third-order valence-electron chi connectivity index (χ3n) is 1.44. The second kappa shape index (κ2) is 2.49. The fraction of sp³-hybridized carbons (Fsp3) is 1.00. The molecule has 60 valence electrons. The molecule has 0 spiro atoms. The van der Waals surface area contributed by atoms with Gasteiger partial charge in [0.05, 0.1) is 6.10 Å². The van der Waals surface area contributed by atoms with Gasteiger partial charge in [0.25, 0.3) is 0 Å². The fourth-order valence-corrected chi connectivity index (χ4v) is 1.22. The Balaban J connectivity index is 2.51. The van der Waals surface area contributed by atoms with Crippen molar-refractivity contribution < 1.29 is 14.6 Å². The van der Waals surface area contributed by atoms with Gasteiger partial charge in [-0.25, -0.2) is 0 Å². The molecule has 1 aliphatic heterocycles. The van der Waals surface area contributed by atoms with Crippen LogP contribution in [0.3, 0.4) is 0 Å². The van der Waals surface area contributed by atoms with E-state index in [9.17, 15) is 0 Å². The summed E-state index contributed by atoms with van der Waals surface area (Å²) < 4.78 is 10.4. The van der Waals surface area contributed by atoms with Gasteiger partial charge >= 0.3 is 0 Å². The molecule has 0 aromatic rings. The fourth-order valence-electron chi connectivity index (χ4n) is 1.22. The predicted octanol–water partition coefficient (Wildman–Crippen LogP) is 0.866. The normalized spacial score (nSPS) is 39.6. The summed E-state index contributed by atoms with van der Waals surface area (Å²) in [6, 6.07) is 0. The molecule has 0 amide bonds. The number of rotatable bonds is 0. The van der Waals surface area contributed by atoms with Crippen LogP contribution in [0.15, 0.2) is 0 Å². The average Bonchev–Trinajstić information content (AvgIpc) is 1.54. The van der Waals surface area contributed by atoms with Gasteiger partial charge in [0.15, 0.2) is 12.1 Å². The first kappa shape index (κ1) is 7.98. The highest BCUT2D eigenvalue weighted by molar-refractivity contribution is 4.67. The maximum Gasteiger partial charge on any atom is 0.166 e. The molecule has 1 N–H and O–H groups in total. The van der Waals surface area contributed by atoms with Crippen LogP contribution >= 0.6 is 0 Å². The van der Waals surface area contributed by atoms with E-state index in [1.54, 1.807) is 13.8 Å². The number of hydrogen-bond acceptors (Lipinski definition) is 3. The van der Waals surface area contributed by atoms with Crippen LogP contribution in [0, 0.1) is 0 Å². The highest BCUT2D eigenvalue weighted by atomic mass is 16.8. The second-order valence-electron chi connectivity index (χ2n) is 3.14. The minimum Gasteiger partial charge on any atom is -0.368 e. The minimum absolute atomic E-state index is 0.0822. The van der Waals surface area contributed by atoms with Gasteiger partial charge in [0, 0.05) is 6.42 Å². The lowest BCUT2D eigenvalue weighted by atomic mass is 10.2. The Morgan fingerprint density at radius 3 is 2.40 bits per heavy atom. The molecule has 1 saturated heterocycles. The SMILES string of the molecule is C[C@@H]1C[C@@H](O)OC(C)(C)O1. The zero-order valence-corrected chi connectivity index (χ0v) is 6.63.